The predicted molar refractivity (Wildman–Crippen MR) is 143 cm³/mol. The van der Waals surface area contributed by atoms with Crippen LogP contribution in [0.2, 0.25) is 0 Å². The number of hydrogen-bond acceptors (Lipinski definition) is 6. The van der Waals surface area contributed by atoms with Crippen LogP contribution in [-0.4, -0.2) is 27.8 Å². The molecule has 2 heterocycles. The first-order valence-electron chi connectivity index (χ1n) is 11.8. The summed E-state index contributed by atoms with van der Waals surface area (Å²) in [6.07, 6.45) is 2.99. The third-order valence-electron chi connectivity index (χ3n) is 6.11. The standard InChI is InChI=1S/C27H27N3O3S2/c1-3-33-21-12-8-7-11-20(21)28-23(31)16-34-27-29-25-24(19-14-13-17(2)15-22(19)35-25)26(32)30(27)18-9-5-4-6-10-18/h4-12,17H,3,13-16H2,1-2H3,(H,28,31). The van der Waals surface area contributed by atoms with Gasteiger partial charge in [0.25, 0.3) is 5.56 Å². The normalized spacial score (nSPS) is 15.1. The highest BCUT2D eigenvalue weighted by Gasteiger charge is 2.25. The molecule has 0 saturated heterocycles. The van der Waals surface area contributed by atoms with Gasteiger partial charge in [-0.1, -0.05) is 49.0 Å². The lowest BCUT2D eigenvalue weighted by Gasteiger charge is -2.18. The molecule has 180 valence electrons. The first-order chi connectivity index (χ1) is 17.0. The van der Waals surface area contributed by atoms with E-state index in [-0.39, 0.29) is 17.2 Å². The number of carbonyl (C=O) groups excluding carboxylic acids is 1. The van der Waals surface area contributed by atoms with Gasteiger partial charge in [0.05, 0.1) is 29.1 Å². The number of rotatable bonds is 7. The van der Waals surface area contributed by atoms with Gasteiger partial charge in [-0.05, 0) is 61.9 Å². The molecular weight excluding hydrogens is 478 g/mol. The Morgan fingerprint density at radius 3 is 2.77 bits per heavy atom. The van der Waals surface area contributed by atoms with Gasteiger partial charge in [-0.2, -0.15) is 0 Å². The number of thiophene rings is 1. The molecule has 1 unspecified atom stereocenters. The highest BCUT2D eigenvalue weighted by Crippen LogP contribution is 2.37. The van der Waals surface area contributed by atoms with Crippen molar-refractivity contribution < 1.29 is 9.53 Å². The molecule has 2 aromatic carbocycles. The van der Waals surface area contributed by atoms with E-state index in [2.05, 4.69) is 12.2 Å². The molecule has 1 atom stereocenters. The Bertz CT molecular complexity index is 1430. The minimum Gasteiger partial charge on any atom is -0.492 e. The quantitative estimate of drug-likeness (QED) is 0.258. The fraction of sp³-hybridized carbons (Fsp3) is 0.296. The summed E-state index contributed by atoms with van der Waals surface area (Å²) in [7, 11) is 0. The molecule has 0 bridgehead atoms. The molecule has 8 heteroatoms. The number of para-hydroxylation sites is 3. The summed E-state index contributed by atoms with van der Waals surface area (Å²) in [6.45, 7) is 4.67. The summed E-state index contributed by atoms with van der Waals surface area (Å²) < 4.78 is 7.26. The zero-order chi connectivity index (χ0) is 24.4. The van der Waals surface area contributed by atoms with Crippen molar-refractivity contribution in [1.29, 1.82) is 0 Å². The Morgan fingerprint density at radius 1 is 1.20 bits per heavy atom. The number of ether oxygens (including phenoxy) is 1. The van der Waals surface area contributed by atoms with Crippen molar-refractivity contribution in [2.24, 2.45) is 5.92 Å². The number of nitrogens with zero attached hydrogens (tertiary/aromatic N) is 2. The first-order valence-corrected chi connectivity index (χ1v) is 13.6. The second-order valence-electron chi connectivity index (χ2n) is 8.67. The van der Waals surface area contributed by atoms with Gasteiger partial charge in [-0.3, -0.25) is 14.2 Å². The zero-order valence-electron chi connectivity index (χ0n) is 19.7. The lowest BCUT2D eigenvalue weighted by molar-refractivity contribution is -0.113. The van der Waals surface area contributed by atoms with Crippen LogP contribution in [0.5, 0.6) is 5.75 Å². The lowest BCUT2D eigenvalue weighted by Crippen LogP contribution is -2.23. The zero-order valence-corrected chi connectivity index (χ0v) is 21.4. The maximum atomic E-state index is 13.8. The van der Waals surface area contributed by atoms with Gasteiger partial charge >= 0.3 is 0 Å². The van der Waals surface area contributed by atoms with Crippen LogP contribution in [-0.2, 0) is 17.6 Å². The number of benzene rings is 2. The average molecular weight is 506 g/mol. The number of aromatic nitrogens is 2. The van der Waals surface area contributed by atoms with Crippen molar-refractivity contribution in [3.05, 3.63) is 75.4 Å². The van der Waals surface area contributed by atoms with Crippen LogP contribution >= 0.6 is 23.1 Å². The van der Waals surface area contributed by atoms with E-state index in [1.165, 1.54) is 16.6 Å². The number of anilines is 1. The van der Waals surface area contributed by atoms with Crippen LogP contribution in [0.3, 0.4) is 0 Å². The third kappa shape index (κ3) is 4.86. The molecule has 4 aromatic rings. The minimum atomic E-state index is -0.185. The molecule has 2 aromatic heterocycles. The lowest BCUT2D eigenvalue weighted by atomic mass is 9.89. The Hall–Kier alpha value is -3.10. The van der Waals surface area contributed by atoms with E-state index < -0.39 is 0 Å². The maximum Gasteiger partial charge on any atom is 0.267 e. The number of amides is 1. The number of thioether (sulfide) groups is 1. The highest BCUT2D eigenvalue weighted by molar-refractivity contribution is 7.99. The van der Waals surface area contributed by atoms with Crippen molar-refractivity contribution in [3.8, 4) is 11.4 Å². The van der Waals surface area contributed by atoms with Crippen molar-refractivity contribution in [2.45, 2.75) is 38.3 Å². The van der Waals surface area contributed by atoms with E-state index in [0.717, 1.165) is 40.7 Å². The Morgan fingerprint density at radius 2 is 1.97 bits per heavy atom. The van der Waals surface area contributed by atoms with Crippen LogP contribution < -0.4 is 15.6 Å². The Kier molecular flexibility index (Phi) is 6.92. The maximum absolute atomic E-state index is 13.8. The van der Waals surface area contributed by atoms with Gasteiger partial charge < -0.3 is 10.1 Å². The summed E-state index contributed by atoms with van der Waals surface area (Å²) >= 11 is 2.89. The van der Waals surface area contributed by atoms with Gasteiger partial charge in [0.15, 0.2) is 5.16 Å². The molecule has 1 aliphatic rings. The van der Waals surface area contributed by atoms with Crippen LogP contribution in [0.15, 0.2) is 64.5 Å². The topological polar surface area (TPSA) is 73.2 Å². The molecular formula is C27H27N3O3S2. The van der Waals surface area contributed by atoms with Gasteiger partial charge in [-0.15, -0.1) is 11.3 Å². The predicted octanol–water partition coefficient (Wildman–Crippen LogP) is 5.70. The average Bonchev–Trinajstić information content (AvgIpc) is 3.22. The molecule has 0 spiro atoms. The van der Waals surface area contributed by atoms with Crippen LogP contribution in [0.25, 0.3) is 15.9 Å². The number of fused-ring (bicyclic) bond motifs is 3. The molecule has 0 saturated carbocycles. The molecule has 1 N–H and O–H groups in total. The van der Waals surface area contributed by atoms with Gasteiger partial charge in [-0.25, -0.2) is 4.98 Å². The molecule has 5 rings (SSSR count). The molecule has 0 aliphatic heterocycles. The van der Waals surface area contributed by atoms with Crippen LogP contribution in [0.4, 0.5) is 5.69 Å². The van der Waals surface area contributed by atoms with Gasteiger partial charge in [0.2, 0.25) is 5.91 Å². The highest BCUT2D eigenvalue weighted by atomic mass is 32.2. The molecule has 6 nitrogen and oxygen atoms in total. The second kappa shape index (κ2) is 10.3. The number of carbonyl (C=O) groups is 1. The number of hydrogen-bond donors (Lipinski definition) is 1. The molecule has 1 aliphatic carbocycles. The molecule has 35 heavy (non-hydrogen) atoms. The van der Waals surface area contributed by atoms with Crippen molar-refractivity contribution in [2.75, 3.05) is 17.7 Å². The third-order valence-corrected chi connectivity index (χ3v) is 8.19. The largest absolute Gasteiger partial charge is 0.492 e. The van der Waals surface area contributed by atoms with E-state index in [1.807, 2.05) is 61.5 Å². The van der Waals surface area contributed by atoms with E-state index in [0.29, 0.717) is 29.1 Å². The van der Waals surface area contributed by atoms with Crippen molar-refractivity contribution in [1.82, 2.24) is 9.55 Å². The van der Waals surface area contributed by atoms with Crippen molar-refractivity contribution >= 4 is 44.9 Å². The fourth-order valence-corrected chi connectivity index (χ4v) is 6.68. The van der Waals surface area contributed by atoms with E-state index in [4.69, 9.17) is 9.72 Å². The minimum absolute atomic E-state index is 0.0575. The van der Waals surface area contributed by atoms with Gasteiger partial charge in [0, 0.05) is 4.88 Å². The summed E-state index contributed by atoms with van der Waals surface area (Å²) in [6, 6.07) is 16.9. The van der Waals surface area contributed by atoms with E-state index in [9.17, 15) is 9.59 Å². The first kappa shape index (κ1) is 23.6. The number of aryl methyl sites for hydroxylation is 1. The fourth-order valence-electron chi connectivity index (χ4n) is 4.44. The Balaban J connectivity index is 1.49. The second-order valence-corrected chi connectivity index (χ2v) is 10.7. The van der Waals surface area contributed by atoms with E-state index >= 15 is 0 Å². The molecule has 1 amide bonds. The molecule has 0 fully saturated rings. The monoisotopic (exact) mass is 505 g/mol. The van der Waals surface area contributed by atoms with Gasteiger partial charge in [0.1, 0.15) is 10.6 Å². The SMILES string of the molecule is CCOc1ccccc1NC(=O)CSc1nc2sc3c(c2c(=O)n1-c1ccccc1)CCC(C)C3. The summed E-state index contributed by atoms with van der Waals surface area (Å²) in [5.41, 5.74) is 2.48. The van der Waals surface area contributed by atoms with Crippen molar-refractivity contribution in [3.63, 3.8) is 0 Å². The van der Waals surface area contributed by atoms with E-state index in [1.54, 1.807) is 15.9 Å². The van der Waals surface area contributed by atoms with Crippen LogP contribution in [0, 0.1) is 5.92 Å². The summed E-state index contributed by atoms with van der Waals surface area (Å²) in [5, 5.41) is 4.18. The van der Waals surface area contributed by atoms with Crippen LogP contribution in [0.1, 0.15) is 30.7 Å². The number of nitrogens with one attached hydrogen (secondary N) is 1. The summed E-state index contributed by atoms with van der Waals surface area (Å²) in [4.78, 5) is 33.6. The summed E-state index contributed by atoms with van der Waals surface area (Å²) in [5.74, 6) is 1.18. The molecule has 0 radical (unpaired) electrons. The Labute approximate surface area is 212 Å². The smallest absolute Gasteiger partial charge is 0.267 e.